The highest BCUT2D eigenvalue weighted by molar-refractivity contribution is 5.51. The van der Waals surface area contributed by atoms with Crippen molar-refractivity contribution in [2.75, 3.05) is 13.1 Å². The summed E-state index contributed by atoms with van der Waals surface area (Å²) in [5.41, 5.74) is 0.541. The molecule has 3 heterocycles. The molecule has 1 saturated heterocycles. The van der Waals surface area contributed by atoms with E-state index in [-0.39, 0.29) is 5.75 Å². The van der Waals surface area contributed by atoms with Crippen LogP contribution in [-0.2, 0) is 6.42 Å². The molecule has 5 nitrogen and oxygen atoms in total. The monoisotopic (exact) mass is 204 g/mol. The SMILES string of the molecule is Oc1cccn2c(CC3CNC3)nnc12. The molecule has 2 aromatic heterocycles. The van der Waals surface area contributed by atoms with Crippen LogP contribution in [0, 0.1) is 5.92 Å². The second-order valence-corrected chi connectivity index (χ2v) is 3.93. The molecule has 1 aliphatic rings. The van der Waals surface area contributed by atoms with Gasteiger partial charge in [0.15, 0.2) is 5.75 Å². The largest absolute Gasteiger partial charge is 0.504 e. The Kier molecular flexibility index (Phi) is 1.85. The zero-order valence-corrected chi connectivity index (χ0v) is 8.22. The second kappa shape index (κ2) is 3.20. The first-order valence-electron chi connectivity index (χ1n) is 5.07. The van der Waals surface area contributed by atoms with Crippen molar-refractivity contribution in [2.24, 2.45) is 5.92 Å². The van der Waals surface area contributed by atoms with Crippen molar-refractivity contribution < 1.29 is 5.11 Å². The van der Waals surface area contributed by atoms with Crippen LogP contribution in [0.5, 0.6) is 5.75 Å². The molecule has 0 aromatic carbocycles. The molecule has 0 atom stereocenters. The Labute approximate surface area is 86.8 Å². The van der Waals surface area contributed by atoms with Crippen LogP contribution in [0.2, 0.25) is 0 Å². The van der Waals surface area contributed by atoms with Crippen molar-refractivity contribution in [3.05, 3.63) is 24.2 Å². The molecule has 1 aliphatic heterocycles. The summed E-state index contributed by atoms with van der Waals surface area (Å²) in [5.74, 6) is 1.76. The number of fused-ring (bicyclic) bond motifs is 1. The Bertz CT molecular complexity index is 489. The fourth-order valence-electron chi connectivity index (χ4n) is 1.84. The van der Waals surface area contributed by atoms with E-state index in [0.29, 0.717) is 11.6 Å². The fraction of sp³-hybridized carbons (Fsp3) is 0.400. The lowest BCUT2D eigenvalue weighted by molar-refractivity contribution is 0.340. The van der Waals surface area contributed by atoms with Gasteiger partial charge in [0.25, 0.3) is 0 Å². The van der Waals surface area contributed by atoms with Gasteiger partial charge in [0.2, 0.25) is 5.65 Å². The highest BCUT2D eigenvalue weighted by Crippen LogP contribution is 2.18. The van der Waals surface area contributed by atoms with Crippen LogP contribution in [0.1, 0.15) is 5.82 Å². The van der Waals surface area contributed by atoms with Gasteiger partial charge >= 0.3 is 0 Å². The van der Waals surface area contributed by atoms with E-state index in [2.05, 4.69) is 15.5 Å². The Morgan fingerprint density at radius 1 is 1.47 bits per heavy atom. The summed E-state index contributed by atoms with van der Waals surface area (Å²) in [6.45, 7) is 2.10. The van der Waals surface area contributed by atoms with E-state index in [1.54, 1.807) is 12.1 Å². The molecule has 0 radical (unpaired) electrons. The molecule has 0 unspecified atom stereocenters. The predicted molar refractivity (Wildman–Crippen MR) is 54.7 cm³/mol. The summed E-state index contributed by atoms with van der Waals surface area (Å²) in [5, 5.41) is 20.9. The number of hydrogen-bond donors (Lipinski definition) is 2. The van der Waals surface area contributed by atoms with Crippen LogP contribution in [0.3, 0.4) is 0 Å². The van der Waals surface area contributed by atoms with Gasteiger partial charge < -0.3 is 10.4 Å². The molecule has 15 heavy (non-hydrogen) atoms. The molecule has 78 valence electrons. The molecule has 0 bridgehead atoms. The zero-order valence-electron chi connectivity index (χ0n) is 8.22. The maximum atomic E-state index is 9.55. The minimum atomic E-state index is 0.183. The zero-order chi connectivity index (χ0) is 10.3. The number of pyridine rings is 1. The first-order valence-corrected chi connectivity index (χ1v) is 5.07. The molecule has 0 aliphatic carbocycles. The average molecular weight is 204 g/mol. The van der Waals surface area contributed by atoms with Crippen LogP contribution in [0.4, 0.5) is 0 Å². The Hall–Kier alpha value is -1.62. The number of nitrogens with zero attached hydrogens (tertiary/aromatic N) is 3. The molecular formula is C10H12N4O. The van der Waals surface area contributed by atoms with E-state index in [4.69, 9.17) is 0 Å². The lowest BCUT2D eigenvalue weighted by Gasteiger charge is -2.26. The number of rotatable bonds is 2. The van der Waals surface area contributed by atoms with Crippen molar-refractivity contribution in [1.29, 1.82) is 0 Å². The molecule has 0 spiro atoms. The molecule has 2 aromatic rings. The molecular weight excluding hydrogens is 192 g/mol. The van der Waals surface area contributed by atoms with Gasteiger partial charge in [-0.25, -0.2) is 0 Å². The maximum Gasteiger partial charge on any atom is 0.203 e. The van der Waals surface area contributed by atoms with E-state index in [1.807, 2.05) is 10.6 Å². The van der Waals surface area contributed by atoms with Crippen molar-refractivity contribution >= 4 is 5.65 Å². The Balaban J connectivity index is 2.00. The van der Waals surface area contributed by atoms with Gasteiger partial charge in [0, 0.05) is 12.6 Å². The third kappa shape index (κ3) is 1.35. The standard InChI is InChI=1S/C10H12N4O/c15-8-2-1-3-14-9(12-13-10(8)14)4-7-5-11-6-7/h1-3,7,11,15H,4-6H2. The minimum absolute atomic E-state index is 0.183. The van der Waals surface area contributed by atoms with Gasteiger partial charge in [-0.1, -0.05) is 0 Å². The first-order chi connectivity index (χ1) is 7.34. The highest BCUT2D eigenvalue weighted by atomic mass is 16.3. The number of nitrogens with one attached hydrogen (secondary N) is 1. The molecule has 1 fully saturated rings. The molecule has 2 N–H and O–H groups in total. The molecule has 0 saturated carbocycles. The maximum absolute atomic E-state index is 9.55. The van der Waals surface area contributed by atoms with E-state index >= 15 is 0 Å². The lowest BCUT2D eigenvalue weighted by atomic mass is 9.99. The number of hydrogen-bond acceptors (Lipinski definition) is 4. The third-order valence-corrected chi connectivity index (χ3v) is 2.82. The summed E-state index contributed by atoms with van der Waals surface area (Å²) in [6.07, 6.45) is 2.80. The molecule has 5 heteroatoms. The van der Waals surface area contributed by atoms with Gasteiger partial charge in [0.05, 0.1) is 0 Å². The van der Waals surface area contributed by atoms with Gasteiger partial charge in [-0.15, -0.1) is 10.2 Å². The Morgan fingerprint density at radius 3 is 3.07 bits per heavy atom. The summed E-state index contributed by atoms with van der Waals surface area (Å²) in [4.78, 5) is 0. The van der Waals surface area contributed by atoms with Crippen LogP contribution in [0.25, 0.3) is 5.65 Å². The Morgan fingerprint density at radius 2 is 2.33 bits per heavy atom. The smallest absolute Gasteiger partial charge is 0.203 e. The first kappa shape index (κ1) is 8.67. The van der Waals surface area contributed by atoms with Gasteiger partial charge in [-0.3, -0.25) is 4.40 Å². The topological polar surface area (TPSA) is 62.5 Å². The number of aromatic nitrogens is 3. The van der Waals surface area contributed by atoms with Gasteiger partial charge in [0.1, 0.15) is 5.82 Å². The average Bonchev–Trinajstić information content (AvgIpc) is 2.56. The van der Waals surface area contributed by atoms with E-state index < -0.39 is 0 Å². The minimum Gasteiger partial charge on any atom is -0.504 e. The fourth-order valence-corrected chi connectivity index (χ4v) is 1.84. The number of aromatic hydroxyl groups is 1. The lowest BCUT2D eigenvalue weighted by Crippen LogP contribution is -2.43. The molecule has 3 rings (SSSR count). The van der Waals surface area contributed by atoms with Crippen LogP contribution in [-0.4, -0.2) is 32.8 Å². The summed E-state index contributed by atoms with van der Waals surface area (Å²) < 4.78 is 1.85. The van der Waals surface area contributed by atoms with Crippen molar-refractivity contribution in [3.8, 4) is 5.75 Å². The van der Waals surface area contributed by atoms with E-state index in [1.165, 1.54) is 0 Å². The molecule has 0 amide bonds. The normalized spacial score (nSPS) is 16.8. The highest BCUT2D eigenvalue weighted by Gasteiger charge is 2.20. The van der Waals surface area contributed by atoms with Crippen LogP contribution in [0.15, 0.2) is 18.3 Å². The summed E-state index contributed by atoms with van der Waals surface area (Å²) in [7, 11) is 0. The van der Waals surface area contributed by atoms with Crippen LogP contribution < -0.4 is 5.32 Å². The van der Waals surface area contributed by atoms with Crippen LogP contribution >= 0.6 is 0 Å². The predicted octanol–water partition coefficient (Wildman–Crippen LogP) is 0.197. The summed E-state index contributed by atoms with van der Waals surface area (Å²) in [6, 6.07) is 3.42. The van der Waals surface area contributed by atoms with Crippen molar-refractivity contribution in [2.45, 2.75) is 6.42 Å². The second-order valence-electron chi connectivity index (χ2n) is 3.93. The summed E-state index contributed by atoms with van der Waals surface area (Å²) >= 11 is 0. The van der Waals surface area contributed by atoms with Gasteiger partial charge in [-0.2, -0.15) is 0 Å². The van der Waals surface area contributed by atoms with Crippen molar-refractivity contribution in [3.63, 3.8) is 0 Å². The quantitative estimate of drug-likeness (QED) is 0.733. The third-order valence-electron chi connectivity index (χ3n) is 2.82. The van der Waals surface area contributed by atoms with E-state index in [9.17, 15) is 5.11 Å². The van der Waals surface area contributed by atoms with Gasteiger partial charge in [-0.05, 0) is 31.1 Å². The van der Waals surface area contributed by atoms with Crippen molar-refractivity contribution in [1.82, 2.24) is 19.9 Å². The van der Waals surface area contributed by atoms with E-state index in [0.717, 1.165) is 25.3 Å².